The first-order chi connectivity index (χ1) is 11.4. The SMILES string of the molecule is CC(=O)c1ccc(NCCCc2cnc[nH]2)cc1.O=C(O)C(=O)O. The second-order valence-corrected chi connectivity index (χ2v) is 4.85. The fraction of sp³-hybridized carbons (Fsp3) is 0.250. The Morgan fingerprint density at radius 1 is 1.12 bits per heavy atom. The Balaban J connectivity index is 0.000000413. The van der Waals surface area contributed by atoms with Crippen LogP contribution in [-0.4, -0.2) is 44.4 Å². The molecule has 0 unspecified atom stereocenters. The minimum absolute atomic E-state index is 0.0980. The molecule has 8 nitrogen and oxygen atoms in total. The van der Waals surface area contributed by atoms with Crippen molar-refractivity contribution in [1.82, 2.24) is 9.97 Å². The number of aliphatic carboxylic acids is 2. The van der Waals surface area contributed by atoms with E-state index in [1.807, 2.05) is 30.5 Å². The Morgan fingerprint density at radius 2 is 1.75 bits per heavy atom. The second kappa shape index (κ2) is 9.78. The van der Waals surface area contributed by atoms with Crippen molar-refractivity contribution in [3.8, 4) is 0 Å². The number of carbonyl (C=O) groups excluding carboxylic acids is 1. The standard InChI is InChI=1S/C14H17N3O.C2H2O4/c1-11(18)12-4-6-13(7-5-12)16-8-2-3-14-9-15-10-17-14;3-1(4)2(5)6/h4-7,9-10,16H,2-3,8H2,1H3,(H,15,17);(H,3,4)(H,5,6). The molecule has 0 fully saturated rings. The van der Waals surface area contributed by atoms with Crippen molar-refractivity contribution in [2.24, 2.45) is 0 Å². The van der Waals surface area contributed by atoms with Crippen LogP contribution in [0.1, 0.15) is 29.4 Å². The summed E-state index contributed by atoms with van der Waals surface area (Å²) in [5, 5.41) is 18.1. The highest BCUT2D eigenvalue weighted by Gasteiger charge is 2.04. The Kier molecular flexibility index (Phi) is 7.69. The van der Waals surface area contributed by atoms with E-state index < -0.39 is 11.9 Å². The number of carboxylic acids is 2. The zero-order valence-corrected chi connectivity index (χ0v) is 13.2. The van der Waals surface area contributed by atoms with Crippen LogP contribution in [0.2, 0.25) is 0 Å². The molecule has 24 heavy (non-hydrogen) atoms. The highest BCUT2D eigenvalue weighted by atomic mass is 16.4. The van der Waals surface area contributed by atoms with E-state index >= 15 is 0 Å². The number of aryl methyl sites for hydroxylation is 1. The van der Waals surface area contributed by atoms with Crippen LogP contribution >= 0.6 is 0 Å². The number of Topliss-reactive ketones (excluding diaryl/α,β-unsaturated/α-hetero) is 1. The van der Waals surface area contributed by atoms with Crippen molar-refractivity contribution in [2.75, 3.05) is 11.9 Å². The summed E-state index contributed by atoms with van der Waals surface area (Å²) in [6.07, 6.45) is 5.57. The molecule has 0 aliphatic heterocycles. The van der Waals surface area contributed by atoms with Gasteiger partial charge in [0.2, 0.25) is 0 Å². The van der Waals surface area contributed by atoms with Gasteiger partial charge in [0.15, 0.2) is 5.78 Å². The van der Waals surface area contributed by atoms with Gasteiger partial charge in [-0.1, -0.05) is 0 Å². The average molecular weight is 333 g/mol. The molecule has 1 aromatic carbocycles. The molecule has 1 heterocycles. The van der Waals surface area contributed by atoms with Crippen LogP contribution in [0.15, 0.2) is 36.8 Å². The number of ketones is 1. The Bertz CT molecular complexity index is 654. The number of hydrogen-bond acceptors (Lipinski definition) is 5. The van der Waals surface area contributed by atoms with Gasteiger partial charge in [-0.3, -0.25) is 4.79 Å². The lowest BCUT2D eigenvalue weighted by molar-refractivity contribution is -0.159. The molecule has 0 spiro atoms. The summed E-state index contributed by atoms with van der Waals surface area (Å²) in [5.74, 6) is -3.55. The van der Waals surface area contributed by atoms with Gasteiger partial charge in [-0.05, 0) is 44.0 Å². The molecule has 2 aromatic rings. The number of aromatic nitrogens is 2. The van der Waals surface area contributed by atoms with Gasteiger partial charge in [0.25, 0.3) is 0 Å². The molecule has 1 aromatic heterocycles. The molecule has 128 valence electrons. The lowest BCUT2D eigenvalue weighted by atomic mass is 10.1. The Hall–Kier alpha value is -3.16. The van der Waals surface area contributed by atoms with Crippen molar-refractivity contribution < 1.29 is 24.6 Å². The van der Waals surface area contributed by atoms with Crippen LogP contribution in [-0.2, 0) is 16.0 Å². The van der Waals surface area contributed by atoms with E-state index in [4.69, 9.17) is 19.8 Å². The fourth-order valence-corrected chi connectivity index (χ4v) is 1.76. The molecule has 0 atom stereocenters. The summed E-state index contributed by atoms with van der Waals surface area (Å²) in [6.45, 7) is 2.48. The molecule has 8 heteroatoms. The largest absolute Gasteiger partial charge is 0.473 e. The third kappa shape index (κ3) is 7.21. The number of anilines is 1. The Morgan fingerprint density at radius 3 is 2.21 bits per heavy atom. The fourth-order valence-electron chi connectivity index (χ4n) is 1.76. The lowest BCUT2D eigenvalue weighted by Gasteiger charge is -2.06. The van der Waals surface area contributed by atoms with Crippen molar-refractivity contribution in [3.05, 3.63) is 48.0 Å². The van der Waals surface area contributed by atoms with E-state index in [0.717, 1.165) is 36.3 Å². The topological polar surface area (TPSA) is 132 Å². The van der Waals surface area contributed by atoms with Crippen LogP contribution in [0.5, 0.6) is 0 Å². The van der Waals surface area contributed by atoms with E-state index in [2.05, 4.69) is 15.3 Å². The molecule has 2 rings (SSSR count). The van der Waals surface area contributed by atoms with E-state index in [9.17, 15) is 4.79 Å². The number of carbonyl (C=O) groups is 3. The number of nitrogens with zero attached hydrogens (tertiary/aromatic N) is 1. The minimum atomic E-state index is -1.82. The second-order valence-electron chi connectivity index (χ2n) is 4.85. The summed E-state index contributed by atoms with van der Waals surface area (Å²) < 4.78 is 0. The van der Waals surface area contributed by atoms with Gasteiger partial charge in [-0.15, -0.1) is 0 Å². The highest BCUT2D eigenvalue weighted by Crippen LogP contribution is 2.10. The maximum Gasteiger partial charge on any atom is 0.414 e. The average Bonchev–Trinajstić information content (AvgIpc) is 3.06. The molecule has 0 aliphatic rings. The number of H-pyrrole nitrogens is 1. The number of benzene rings is 1. The molecule has 0 aliphatic carbocycles. The summed E-state index contributed by atoms with van der Waals surface area (Å²) in [7, 11) is 0. The molecule has 0 amide bonds. The van der Waals surface area contributed by atoms with Crippen molar-refractivity contribution >= 4 is 23.4 Å². The van der Waals surface area contributed by atoms with Gasteiger partial charge in [0, 0.05) is 29.7 Å². The van der Waals surface area contributed by atoms with E-state index in [0.29, 0.717) is 0 Å². The number of imidazole rings is 1. The normalized spacial score (nSPS) is 9.54. The quantitative estimate of drug-likeness (QED) is 0.360. The molecule has 0 saturated heterocycles. The first kappa shape index (κ1) is 18.9. The van der Waals surface area contributed by atoms with Gasteiger partial charge in [0.05, 0.1) is 6.33 Å². The zero-order valence-electron chi connectivity index (χ0n) is 13.2. The zero-order chi connectivity index (χ0) is 17.9. The van der Waals surface area contributed by atoms with Crippen LogP contribution in [0.25, 0.3) is 0 Å². The third-order valence-corrected chi connectivity index (χ3v) is 2.98. The molecular weight excluding hydrogens is 314 g/mol. The van der Waals surface area contributed by atoms with Crippen molar-refractivity contribution in [2.45, 2.75) is 19.8 Å². The van der Waals surface area contributed by atoms with Crippen LogP contribution in [0.4, 0.5) is 5.69 Å². The first-order valence-corrected chi connectivity index (χ1v) is 7.18. The minimum Gasteiger partial charge on any atom is -0.473 e. The van der Waals surface area contributed by atoms with Gasteiger partial charge >= 0.3 is 11.9 Å². The predicted octanol–water partition coefficient (Wildman–Crippen LogP) is 1.81. The predicted molar refractivity (Wildman–Crippen MR) is 87.1 cm³/mol. The smallest absolute Gasteiger partial charge is 0.414 e. The van der Waals surface area contributed by atoms with E-state index in [1.54, 1.807) is 13.3 Å². The molecule has 0 bridgehead atoms. The van der Waals surface area contributed by atoms with Crippen LogP contribution in [0.3, 0.4) is 0 Å². The van der Waals surface area contributed by atoms with Gasteiger partial charge in [0.1, 0.15) is 0 Å². The van der Waals surface area contributed by atoms with E-state index in [-0.39, 0.29) is 5.78 Å². The number of rotatable bonds is 6. The summed E-state index contributed by atoms with van der Waals surface area (Å²) in [6, 6.07) is 7.57. The molecular formula is C16H19N3O5. The maximum absolute atomic E-state index is 11.1. The van der Waals surface area contributed by atoms with Crippen molar-refractivity contribution in [3.63, 3.8) is 0 Å². The third-order valence-electron chi connectivity index (χ3n) is 2.98. The first-order valence-electron chi connectivity index (χ1n) is 7.18. The van der Waals surface area contributed by atoms with Crippen LogP contribution < -0.4 is 5.32 Å². The molecule has 0 radical (unpaired) electrons. The number of nitrogens with one attached hydrogen (secondary N) is 2. The molecule has 0 saturated carbocycles. The Labute approximate surface area is 138 Å². The number of hydrogen-bond donors (Lipinski definition) is 4. The van der Waals surface area contributed by atoms with Gasteiger partial charge < -0.3 is 20.5 Å². The highest BCUT2D eigenvalue weighted by molar-refractivity contribution is 6.27. The number of aromatic amines is 1. The van der Waals surface area contributed by atoms with Gasteiger partial charge in [-0.25, -0.2) is 14.6 Å². The number of carboxylic acid groups (broad SMARTS) is 2. The van der Waals surface area contributed by atoms with Crippen LogP contribution in [0, 0.1) is 0 Å². The monoisotopic (exact) mass is 333 g/mol. The maximum atomic E-state index is 11.1. The summed E-state index contributed by atoms with van der Waals surface area (Å²) in [4.78, 5) is 36.4. The van der Waals surface area contributed by atoms with Crippen molar-refractivity contribution in [1.29, 1.82) is 0 Å². The van der Waals surface area contributed by atoms with E-state index in [1.165, 1.54) is 0 Å². The summed E-state index contributed by atoms with van der Waals surface area (Å²) in [5.41, 5.74) is 2.95. The summed E-state index contributed by atoms with van der Waals surface area (Å²) >= 11 is 0. The van der Waals surface area contributed by atoms with Gasteiger partial charge in [-0.2, -0.15) is 0 Å². The lowest BCUT2D eigenvalue weighted by Crippen LogP contribution is -2.09. The molecule has 4 N–H and O–H groups in total.